The summed E-state index contributed by atoms with van der Waals surface area (Å²) < 4.78 is 15.5. The van der Waals surface area contributed by atoms with Gasteiger partial charge in [-0.25, -0.2) is 19.0 Å². The molecule has 21 heavy (non-hydrogen) atoms. The maximum absolute atomic E-state index is 14.1. The molecule has 108 valence electrons. The SMILES string of the molecule is Cc1ncsc1C(C)Nc1ccc(-n2cncn2)c(F)c1. The van der Waals surface area contributed by atoms with Gasteiger partial charge in [-0.05, 0) is 32.0 Å². The summed E-state index contributed by atoms with van der Waals surface area (Å²) in [6.07, 6.45) is 2.84. The lowest BCUT2D eigenvalue weighted by Crippen LogP contribution is -2.07. The molecule has 0 aliphatic heterocycles. The second-order valence-corrected chi connectivity index (χ2v) is 5.56. The van der Waals surface area contributed by atoms with Crippen molar-refractivity contribution in [1.82, 2.24) is 19.7 Å². The van der Waals surface area contributed by atoms with Gasteiger partial charge in [0.1, 0.15) is 18.3 Å². The summed E-state index contributed by atoms with van der Waals surface area (Å²) in [4.78, 5) is 9.20. The number of aryl methyl sites for hydroxylation is 1. The first-order valence-electron chi connectivity index (χ1n) is 6.46. The van der Waals surface area contributed by atoms with Gasteiger partial charge in [-0.2, -0.15) is 5.10 Å². The Kier molecular flexibility index (Phi) is 3.66. The van der Waals surface area contributed by atoms with Crippen molar-refractivity contribution >= 4 is 17.0 Å². The summed E-state index contributed by atoms with van der Waals surface area (Å²) in [5.74, 6) is -0.348. The van der Waals surface area contributed by atoms with E-state index in [-0.39, 0.29) is 11.9 Å². The van der Waals surface area contributed by atoms with Crippen LogP contribution in [0.2, 0.25) is 0 Å². The van der Waals surface area contributed by atoms with E-state index >= 15 is 0 Å². The molecule has 5 nitrogen and oxygen atoms in total. The summed E-state index contributed by atoms with van der Waals surface area (Å²) in [6, 6.07) is 5.05. The van der Waals surface area contributed by atoms with Gasteiger partial charge in [0, 0.05) is 10.6 Å². The Morgan fingerprint density at radius 2 is 2.24 bits per heavy atom. The minimum atomic E-state index is -0.348. The minimum Gasteiger partial charge on any atom is -0.378 e. The van der Waals surface area contributed by atoms with Gasteiger partial charge in [0.25, 0.3) is 0 Å². The van der Waals surface area contributed by atoms with Crippen LogP contribution in [-0.2, 0) is 0 Å². The van der Waals surface area contributed by atoms with Crippen molar-refractivity contribution in [3.8, 4) is 5.69 Å². The van der Waals surface area contributed by atoms with Gasteiger partial charge < -0.3 is 5.32 Å². The Morgan fingerprint density at radius 1 is 1.38 bits per heavy atom. The largest absolute Gasteiger partial charge is 0.378 e. The molecular weight excluding hydrogens is 289 g/mol. The van der Waals surface area contributed by atoms with E-state index in [0.717, 1.165) is 16.3 Å². The second kappa shape index (κ2) is 5.61. The van der Waals surface area contributed by atoms with Gasteiger partial charge in [-0.3, -0.25) is 0 Å². The van der Waals surface area contributed by atoms with Crippen molar-refractivity contribution in [2.75, 3.05) is 5.32 Å². The van der Waals surface area contributed by atoms with E-state index in [0.29, 0.717) is 5.69 Å². The third-order valence-electron chi connectivity index (χ3n) is 3.17. The lowest BCUT2D eigenvalue weighted by Gasteiger charge is -2.15. The van der Waals surface area contributed by atoms with Crippen LogP contribution in [0, 0.1) is 12.7 Å². The molecule has 1 N–H and O–H groups in total. The van der Waals surface area contributed by atoms with Crippen LogP contribution in [0.1, 0.15) is 23.5 Å². The molecule has 0 spiro atoms. The van der Waals surface area contributed by atoms with Gasteiger partial charge in [-0.15, -0.1) is 11.3 Å². The number of nitrogens with zero attached hydrogens (tertiary/aromatic N) is 4. The number of anilines is 1. The van der Waals surface area contributed by atoms with Gasteiger partial charge in [0.15, 0.2) is 5.82 Å². The summed E-state index contributed by atoms with van der Waals surface area (Å²) in [6.45, 7) is 4.00. The standard InChI is InChI=1S/C14H14FN5S/c1-9-14(21-8-17-9)10(2)19-11-3-4-13(12(15)5-11)20-7-16-6-18-20/h3-8,10,19H,1-2H3. The predicted molar refractivity (Wildman–Crippen MR) is 80.2 cm³/mol. The number of benzene rings is 1. The first-order chi connectivity index (χ1) is 10.1. The zero-order valence-corrected chi connectivity index (χ0v) is 12.4. The average Bonchev–Trinajstić information content (AvgIpc) is 3.10. The highest BCUT2D eigenvalue weighted by Crippen LogP contribution is 2.26. The number of thiazole rings is 1. The third kappa shape index (κ3) is 2.78. The molecule has 0 radical (unpaired) electrons. The quantitative estimate of drug-likeness (QED) is 0.803. The number of nitrogens with one attached hydrogen (secondary N) is 1. The zero-order chi connectivity index (χ0) is 14.8. The summed E-state index contributed by atoms with van der Waals surface area (Å²) in [5, 5.41) is 7.21. The number of hydrogen-bond acceptors (Lipinski definition) is 5. The van der Waals surface area contributed by atoms with Crippen LogP contribution < -0.4 is 5.32 Å². The fourth-order valence-corrected chi connectivity index (χ4v) is 2.97. The average molecular weight is 303 g/mol. The minimum absolute atomic E-state index is 0.0779. The Hall–Kier alpha value is -2.28. The molecule has 0 aliphatic rings. The molecule has 2 heterocycles. The number of hydrogen-bond donors (Lipinski definition) is 1. The monoisotopic (exact) mass is 303 g/mol. The summed E-state index contributed by atoms with van der Waals surface area (Å²) in [7, 11) is 0. The molecule has 0 bridgehead atoms. The van der Waals surface area contributed by atoms with E-state index in [1.165, 1.54) is 23.4 Å². The number of rotatable bonds is 4. The molecule has 0 fully saturated rings. The van der Waals surface area contributed by atoms with Crippen molar-refractivity contribution < 1.29 is 4.39 Å². The molecule has 0 saturated carbocycles. The van der Waals surface area contributed by atoms with E-state index in [2.05, 4.69) is 20.4 Å². The van der Waals surface area contributed by atoms with Crippen LogP contribution >= 0.6 is 11.3 Å². The van der Waals surface area contributed by atoms with Crippen LogP contribution in [0.5, 0.6) is 0 Å². The zero-order valence-electron chi connectivity index (χ0n) is 11.6. The fourth-order valence-electron chi connectivity index (χ4n) is 2.16. The Morgan fingerprint density at radius 3 is 2.86 bits per heavy atom. The summed E-state index contributed by atoms with van der Waals surface area (Å²) >= 11 is 1.59. The third-order valence-corrected chi connectivity index (χ3v) is 4.29. The fraction of sp³-hybridized carbons (Fsp3) is 0.214. The van der Waals surface area contributed by atoms with Gasteiger partial charge in [-0.1, -0.05) is 0 Å². The smallest absolute Gasteiger partial charge is 0.150 e. The van der Waals surface area contributed by atoms with Gasteiger partial charge in [0.2, 0.25) is 0 Å². The highest BCUT2D eigenvalue weighted by Gasteiger charge is 2.12. The number of aromatic nitrogens is 4. The molecular formula is C14H14FN5S. The van der Waals surface area contributed by atoms with Crippen molar-refractivity contribution in [3.63, 3.8) is 0 Å². The van der Waals surface area contributed by atoms with Crippen molar-refractivity contribution in [2.24, 2.45) is 0 Å². The Labute approximate surface area is 125 Å². The molecule has 1 unspecified atom stereocenters. The van der Waals surface area contributed by atoms with Crippen LogP contribution in [-0.4, -0.2) is 19.7 Å². The van der Waals surface area contributed by atoms with Crippen molar-refractivity contribution in [1.29, 1.82) is 0 Å². The molecule has 0 amide bonds. The van der Waals surface area contributed by atoms with E-state index in [1.54, 1.807) is 17.4 Å². The van der Waals surface area contributed by atoms with Crippen molar-refractivity contribution in [2.45, 2.75) is 19.9 Å². The molecule has 2 aromatic heterocycles. The van der Waals surface area contributed by atoms with Crippen LogP contribution in [0.25, 0.3) is 5.69 Å². The molecule has 0 saturated heterocycles. The van der Waals surface area contributed by atoms with E-state index in [1.807, 2.05) is 25.4 Å². The normalized spacial score (nSPS) is 12.3. The first kappa shape index (κ1) is 13.7. The maximum Gasteiger partial charge on any atom is 0.150 e. The van der Waals surface area contributed by atoms with E-state index < -0.39 is 0 Å². The van der Waals surface area contributed by atoms with Crippen molar-refractivity contribution in [3.05, 3.63) is 52.8 Å². The highest BCUT2D eigenvalue weighted by molar-refractivity contribution is 7.09. The topological polar surface area (TPSA) is 55.6 Å². The molecule has 3 rings (SSSR count). The van der Waals surface area contributed by atoms with Gasteiger partial charge >= 0.3 is 0 Å². The molecule has 1 aromatic carbocycles. The lowest BCUT2D eigenvalue weighted by molar-refractivity contribution is 0.611. The maximum atomic E-state index is 14.1. The van der Waals surface area contributed by atoms with Crippen LogP contribution in [0.3, 0.4) is 0 Å². The summed E-state index contributed by atoms with van der Waals surface area (Å²) in [5.41, 5.74) is 3.91. The van der Waals surface area contributed by atoms with Gasteiger partial charge in [0.05, 0.1) is 17.2 Å². The Bertz CT molecular complexity index is 738. The molecule has 3 aromatic rings. The Balaban J connectivity index is 1.81. The van der Waals surface area contributed by atoms with E-state index in [4.69, 9.17) is 0 Å². The molecule has 1 atom stereocenters. The second-order valence-electron chi connectivity index (χ2n) is 4.67. The first-order valence-corrected chi connectivity index (χ1v) is 7.34. The lowest BCUT2D eigenvalue weighted by atomic mass is 10.2. The van der Waals surface area contributed by atoms with Crippen LogP contribution in [0.15, 0.2) is 36.4 Å². The molecule has 0 aliphatic carbocycles. The van der Waals surface area contributed by atoms with Crippen LogP contribution in [0.4, 0.5) is 10.1 Å². The predicted octanol–water partition coefficient (Wildman–Crippen LogP) is 3.34. The molecule has 7 heteroatoms. The highest BCUT2D eigenvalue weighted by atomic mass is 32.1. The number of halogens is 1. The van der Waals surface area contributed by atoms with E-state index in [9.17, 15) is 4.39 Å².